The molecule has 11 heteroatoms. The molecule has 9 nitrogen and oxygen atoms in total. The van der Waals surface area contributed by atoms with Crippen LogP contribution in [0.2, 0.25) is 5.02 Å². The second-order valence-electron chi connectivity index (χ2n) is 8.40. The van der Waals surface area contributed by atoms with Gasteiger partial charge in [-0.3, -0.25) is 14.9 Å². The monoisotopic (exact) mass is 628 g/mol. The summed E-state index contributed by atoms with van der Waals surface area (Å²) in [4.78, 5) is 40.1. The van der Waals surface area contributed by atoms with Crippen molar-refractivity contribution in [3.05, 3.63) is 80.8 Å². The Morgan fingerprint density at radius 3 is 2.33 bits per heavy atom. The number of hydrogen-bond donors (Lipinski definition) is 1. The van der Waals surface area contributed by atoms with Crippen LogP contribution in [-0.2, 0) is 16.2 Å². The van der Waals surface area contributed by atoms with Crippen molar-refractivity contribution in [1.82, 2.24) is 5.32 Å². The molecule has 0 spiro atoms. The van der Waals surface area contributed by atoms with E-state index in [2.05, 4.69) is 21.2 Å². The van der Waals surface area contributed by atoms with E-state index in [9.17, 15) is 14.4 Å². The van der Waals surface area contributed by atoms with E-state index in [-0.39, 0.29) is 23.6 Å². The predicted octanol–water partition coefficient (Wildman–Crippen LogP) is 6.15. The molecule has 208 valence electrons. The van der Waals surface area contributed by atoms with Gasteiger partial charge in [0.05, 0.1) is 30.5 Å². The Bertz CT molecular complexity index is 1470. The van der Waals surface area contributed by atoms with E-state index >= 15 is 0 Å². The van der Waals surface area contributed by atoms with Crippen molar-refractivity contribution in [2.45, 2.75) is 20.5 Å². The molecule has 0 saturated carbocycles. The Morgan fingerprint density at radius 1 is 0.925 bits per heavy atom. The van der Waals surface area contributed by atoms with E-state index in [0.29, 0.717) is 45.5 Å². The van der Waals surface area contributed by atoms with Gasteiger partial charge in [0.1, 0.15) is 23.7 Å². The number of benzene rings is 3. The SMILES string of the molecule is CCOc1ccc(OCC)c(N2C(=O)NC(=O)/C(=C\c3cc(Br)c(OCc4ccc(Cl)cc4)c(OC)c3)C2=O)c1. The van der Waals surface area contributed by atoms with Crippen LogP contribution in [0.5, 0.6) is 23.0 Å². The molecule has 0 bridgehead atoms. The van der Waals surface area contributed by atoms with E-state index < -0.39 is 17.8 Å². The molecule has 4 rings (SSSR count). The number of rotatable bonds is 10. The Labute approximate surface area is 244 Å². The molecule has 1 aliphatic rings. The first-order valence-corrected chi connectivity index (χ1v) is 13.5. The molecule has 0 atom stereocenters. The molecule has 40 heavy (non-hydrogen) atoms. The third-order valence-electron chi connectivity index (χ3n) is 5.74. The Kier molecular flexibility index (Phi) is 9.34. The third-order valence-corrected chi connectivity index (χ3v) is 6.58. The minimum atomic E-state index is -0.897. The molecule has 0 aromatic heterocycles. The highest BCUT2D eigenvalue weighted by Crippen LogP contribution is 2.39. The highest BCUT2D eigenvalue weighted by atomic mass is 79.9. The van der Waals surface area contributed by atoms with Crippen molar-refractivity contribution in [3.8, 4) is 23.0 Å². The molecular weight excluding hydrogens is 604 g/mol. The maximum atomic E-state index is 13.6. The lowest BCUT2D eigenvalue weighted by Gasteiger charge is -2.28. The Balaban J connectivity index is 1.67. The first kappa shape index (κ1) is 29.0. The van der Waals surface area contributed by atoms with E-state index in [1.807, 2.05) is 19.1 Å². The number of nitrogens with one attached hydrogen (secondary N) is 1. The molecule has 3 aromatic carbocycles. The van der Waals surface area contributed by atoms with Gasteiger partial charge in [0.15, 0.2) is 11.5 Å². The standard InChI is InChI=1S/C29H26BrClN2O7/c1-4-38-20-10-11-24(39-5-2)23(15-20)33-28(35)21(27(34)32-29(33)36)12-18-13-22(30)26(25(14-18)37-3)40-16-17-6-8-19(31)9-7-17/h6-15H,4-5,16H2,1-3H3,(H,32,34,36)/b21-12+. The van der Waals surface area contributed by atoms with Crippen molar-refractivity contribution in [1.29, 1.82) is 0 Å². The summed E-state index contributed by atoms with van der Waals surface area (Å²) in [6.07, 6.45) is 1.38. The van der Waals surface area contributed by atoms with E-state index in [4.69, 9.17) is 30.5 Å². The number of methoxy groups -OCH3 is 1. The summed E-state index contributed by atoms with van der Waals surface area (Å²) in [5.41, 5.74) is 1.26. The smallest absolute Gasteiger partial charge is 0.336 e. The van der Waals surface area contributed by atoms with Crippen LogP contribution >= 0.6 is 27.5 Å². The molecule has 1 N–H and O–H groups in total. The highest BCUT2D eigenvalue weighted by Gasteiger charge is 2.38. The van der Waals surface area contributed by atoms with E-state index in [0.717, 1.165) is 10.5 Å². The van der Waals surface area contributed by atoms with Crippen LogP contribution in [0.15, 0.2) is 64.6 Å². The Morgan fingerprint density at radius 2 is 1.65 bits per heavy atom. The molecule has 0 radical (unpaired) electrons. The van der Waals surface area contributed by atoms with Crippen LogP contribution in [0.3, 0.4) is 0 Å². The number of anilines is 1. The third kappa shape index (κ3) is 6.40. The molecular formula is C29H26BrClN2O7. The van der Waals surface area contributed by atoms with Gasteiger partial charge in [0, 0.05) is 11.1 Å². The number of barbiturate groups is 1. The quantitative estimate of drug-likeness (QED) is 0.212. The second-order valence-corrected chi connectivity index (χ2v) is 9.69. The second kappa shape index (κ2) is 12.9. The van der Waals surface area contributed by atoms with Crippen molar-refractivity contribution in [2.75, 3.05) is 25.2 Å². The first-order valence-electron chi connectivity index (χ1n) is 12.3. The van der Waals surface area contributed by atoms with Crippen LogP contribution < -0.4 is 29.2 Å². The number of halogens is 2. The maximum absolute atomic E-state index is 13.6. The predicted molar refractivity (Wildman–Crippen MR) is 154 cm³/mol. The number of ether oxygens (including phenoxy) is 4. The molecule has 0 unspecified atom stereocenters. The van der Waals surface area contributed by atoms with Crippen molar-refractivity contribution >= 4 is 57.1 Å². The van der Waals surface area contributed by atoms with Gasteiger partial charge in [-0.1, -0.05) is 23.7 Å². The summed E-state index contributed by atoms with van der Waals surface area (Å²) < 4.78 is 23.2. The minimum absolute atomic E-state index is 0.151. The lowest BCUT2D eigenvalue weighted by Crippen LogP contribution is -2.54. The zero-order chi connectivity index (χ0) is 28.8. The van der Waals surface area contributed by atoms with Gasteiger partial charge in [-0.2, -0.15) is 0 Å². The topological polar surface area (TPSA) is 103 Å². The van der Waals surface area contributed by atoms with Gasteiger partial charge in [-0.05, 0) is 83.4 Å². The van der Waals surface area contributed by atoms with Gasteiger partial charge < -0.3 is 18.9 Å². The van der Waals surface area contributed by atoms with Gasteiger partial charge in [0.25, 0.3) is 11.8 Å². The van der Waals surface area contributed by atoms with Crippen molar-refractivity contribution in [2.24, 2.45) is 0 Å². The van der Waals surface area contributed by atoms with Gasteiger partial charge >= 0.3 is 6.03 Å². The molecule has 1 fully saturated rings. The number of amides is 4. The average molecular weight is 630 g/mol. The Hall–Kier alpha value is -4.02. The lowest BCUT2D eigenvalue weighted by atomic mass is 10.1. The summed E-state index contributed by atoms with van der Waals surface area (Å²) in [7, 11) is 1.48. The normalized spacial score (nSPS) is 14.3. The fraction of sp³-hybridized carbons (Fsp3) is 0.207. The molecule has 1 saturated heterocycles. The van der Waals surface area contributed by atoms with Gasteiger partial charge in [0.2, 0.25) is 0 Å². The van der Waals surface area contributed by atoms with Crippen molar-refractivity contribution < 1.29 is 33.3 Å². The van der Waals surface area contributed by atoms with Crippen LogP contribution in [0, 0.1) is 0 Å². The first-order chi connectivity index (χ1) is 19.2. The average Bonchev–Trinajstić information content (AvgIpc) is 2.92. The molecule has 1 aliphatic heterocycles. The number of imide groups is 2. The van der Waals surface area contributed by atoms with Crippen LogP contribution in [0.4, 0.5) is 10.5 Å². The molecule has 3 aromatic rings. The van der Waals surface area contributed by atoms with Gasteiger partial charge in [-0.25, -0.2) is 9.69 Å². The number of urea groups is 1. The van der Waals surface area contributed by atoms with E-state index in [1.165, 1.54) is 19.3 Å². The number of carbonyl (C=O) groups excluding carboxylic acids is 3. The molecule has 1 heterocycles. The summed E-state index contributed by atoms with van der Waals surface area (Å²) in [6, 6.07) is 14.4. The largest absolute Gasteiger partial charge is 0.494 e. The van der Waals surface area contributed by atoms with E-state index in [1.54, 1.807) is 43.3 Å². The maximum Gasteiger partial charge on any atom is 0.336 e. The van der Waals surface area contributed by atoms with Gasteiger partial charge in [-0.15, -0.1) is 0 Å². The van der Waals surface area contributed by atoms with Crippen molar-refractivity contribution in [3.63, 3.8) is 0 Å². The number of nitrogens with zero attached hydrogens (tertiary/aromatic N) is 1. The van der Waals surface area contributed by atoms with Crippen LogP contribution in [0.1, 0.15) is 25.0 Å². The zero-order valence-electron chi connectivity index (χ0n) is 22.0. The summed E-state index contributed by atoms with van der Waals surface area (Å²) in [5.74, 6) is -0.119. The summed E-state index contributed by atoms with van der Waals surface area (Å²) >= 11 is 9.44. The zero-order valence-corrected chi connectivity index (χ0v) is 24.3. The fourth-order valence-corrected chi connectivity index (χ4v) is 4.65. The molecule has 0 aliphatic carbocycles. The van der Waals surface area contributed by atoms with Crippen LogP contribution in [0.25, 0.3) is 6.08 Å². The number of hydrogen-bond acceptors (Lipinski definition) is 7. The summed E-state index contributed by atoms with van der Waals surface area (Å²) in [6.45, 7) is 4.53. The highest BCUT2D eigenvalue weighted by molar-refractivity contribution is 9.10. The lowest BCUT2D eigenvalue weighted by molar-refractivity contribution is -0.122. The molecule has 4 amide bonds. The fourth-order valence-electron chi connectivity index (χ4n) is 3.95. The van der Waals surface area contributed by atoms with Crippen LogP contribution in [-0.4, -0.2) is 38.2 Å². The minimum Gasteiger partial charge on any atom is -0.494 e. The number of carbonyl (C=O) groups is 3. The summed E-state index contributed by atoms with van der Waals surface area (Å²) in [5, 5.41) is 2.85.